The van der Waals surface area contributed by atoms with Crippen LogP contribution in [0.15, 0.2) is 17.0 Å². The van der Waals surface area contributed by atoms with E-state index in [1.165, 1.54) is 17.8 Å². The Morgan fingerprint density at radius 1 is 1.27 bits per heavy atom. The summed E-state index contributed by atoms with van der Waals surface area (Å²) >= 11 is 12.9. The van der Waals surface area contributed by atoms with Gasteiger partial charge in [0.25, 0.3) is 0 Å². The Kier molecular flexibility index (Phi) is 2.93. The maximum absolute atomic E-state index is 9.15. The number of hydrogen-bond acceptors (Lipinski definition) is 2. The van der Waals surface area contributed by atoms with Crippen molar-refractivity contribution >= 4 is 35.0 Å². The Morgan fingerprint density at radius 2 is 1.91 bits per heavy atom. The van der Waals surface area contributed by atoms with Crippen molar-refractivity contribution in [2.45, 2.75) is 4.90 Å². The molecule has 0 aliphatic heterocycles. The van der Waals surface area contributed by atoms with Crippen molar-refractivity contribution in [2.24, 2.45) is 0 Å². The molecule has 0 aromatic heterocycles. The largest absolute Gasteiger partial charge is 0.506 e. The van der Waals surface area contributed by atoms with E-state index in [1.54, 1.807) is 6.07 Å². The van der Waals surface area contributed by atoms with Crippen LogP contribution in [0.5, 0.6) is 5.75 Å². The summed E-state index contributed by atoms with van der Waals surface area (Å²) in [6.07, 6.45) is 1.88. The van der Waals surface area contributed by atoms with Crippen molar-refractivity contribution in [2.75, 3.05) is 6.26 Å². The number of halogens is 2. The Morgan fingerprint density at radius 3 is 2.45 bits per heavy atom. The van der Waals surface area contributed by atoms with Gasteiger partial charge in [0.2, 0.25) is 0 Å². The van der Waals surface area contributed by atoms with Gasteiger partial charge in [-0.15, -0.1) is 11.8 Å². The smallest absolute Gasteiger partial charge is 0.135 e. The molecule has 0 saturated heterocycles. The molecule has 1 nitrogen and oxygen atoms in total. The fraction of sp³-hybridized carbons (Fsp3) is 0.143. The van der Waals surface area contributed by atoms with E-state index in [9.17, 15) is 0 Å². The first-order valence-corrected chi connectivity index (χ1v) is 4.85. The lowest BCUT2D eigenvalue weighted by atomic mass is 10.3. The zero-order valence-electron chi connectivity index (χ0n) is 5.77. The first-order valence-electron chi connectivity index (χ1n) is 2.87. The molecule has 0 aliphatic carbocycles. The average molecular weight is 209 g/mol. The molecule has 11 heavy (non-hydrogen) atoms. The Hall–Kier alpha value is -0.0500. The number of benzene rings is 1. The molecule has 0 amide bonds. The highest BCUT2D eigenvalue weighted by Crippen LogP contribution is 2.34. The maximum Gasteiger partial charge on any atom is 0.135 e. The summed E-state index contributed by atoms with van der Waals surface area (Å²) in [6, 6.07) is 3.08. The van der Waals surface area contributed by atoms with Gasteiger partial charge in [-0.25, -0.2) is 0 Å². The molecule has 1 rings (SSSR count). The highest BCUT2D eigenvalue weighted by molar-refractivity contribution is 7.98. The number of phenols is 1. The summed E-state index contributed by atoms with van der Waals surface area (Å²) in [5, 5.41) is 10.0. The van der Waals surface area contributed by atoms with Crippen molar-refractivity contribution in [3.8, 4) is 5.75 Å². The van der Waals surface area contributed by atoms with E-state index in [0.29, 0.717) is 5.02 Å². The lowest BCUT2D eigenvalue weighted by Gasteiger charge is -2.02. The van der Waals surface area contributed by atoms with E-state index in [0.717, 1.165) is 4.90 Å². The first kappa shape index (κ1) is 9.04. The minimum absolute atomic E-state index is 0.0698. The van der Waals surface area contributed by atoms with Gasteiger partial charge in [-0.1, -0.05) is 23.2 Å². The van der Waals surface area contributed by atoms with Crippen LogP contribution in [-0.2, 0) is 0 Å². The van der Waals surface area contributed by atoms with Crippen molar-refractivity contribution in [1.29, 1.82) is 0 Å². The van der Waals surface area contributed by atoms with E-state index in [2.05, 4.69) is 0 Å². The van der Waals surface area contributed by atoms with Gasteiger partial charge in [-0.05, 0) is 18.4 Å². The molecule has 0 bridgehead atoms. The molecule has 0 radical (unpaired) electrons. The van der Waals surface area contributed by atoms with Crippen LogP contribution in [0.2, 0.25) is 10.0 Å². The van der Waals surface area contributed by atoms with Gasteiger partial charge in [0.15, 0.2) is 0 Å². The van der Waals surface area contributed by atoms with Crippen LogP contribution in [0.3, 0.4) is 0 Å². The summed E-state index contributed by atoms with van der Waals surface area (Å²) in [6.45, 7) is 0. The SMILES string of the molecule is CSc1cc(O)c(Cl)cc1Cl. The molecule has 0 saturated carbocycles. The standard InChI is InChI=1S/C7H6Cl2OS/c1-11-7-3-6(10)4(8)2-5(7)9/h2-3,10H,1H3. The van der Waals surface area contributed by atoms with Crippen LogP contribution in [0.4, 0.5) is 0 Å². The molecule has 0 heterocycles. The fourth-order valence-corrected chi connectivity index (χ4v) is 1.77. The summed E-state index contributed by atoms with van der Waals surface area (Å²) in [5.41, 5.74) is 0. The molecule has 4 heteroatoms. The van der Waals surface area contributed by atoms with E-state index >= 15 is 0 Å². The van der Waals surface area contributed by atoms with Crippen molar-refractivity contribution in [3.05, 3.63) is 22.2 Å². The van der Waals surface area contributed by atoms with Crippen molar-refractivity contribution < 1.29 is 5.11 Å². The van der Waals surface area contributed by atoms with Gasteiger partial charge in [0.05, 0.1) is 10.0 Å². The third-order valence-corrected chi connectivity index (χ3v) is 2.73. The second kappa shape index (κ2) is 3.57. The minimum Gasteiger partial charge on any atom is -0.506 e. The lowest BCUT2D eigenvalue weighted by Crippen LogP contribution is -1.74. The van der Waals surface area contributed by atoms with E-state index in [4.69, 9.17) is 28.3 Å². The zero-order chi connectivity index (χ0) is 8.43. The minimum atomic E-state index is 0.0698. The Labute approximate surface area is 79.3 Å². The van der Waals surface area contributed by atoms with Crippen molar-refractivity contribution in [1.82, 2.24) is 0 Å². The van der Waals surface area contributed by atoms with Gasteiger partial charge in [0.1, 0.15) is 5.75 Å². The molecule has 0 aliphatic rings. The predicted molar refractivity (Wildman–Crippen MR) is 49.9 cm³/mol. The number of rotatable bonds is 1. The molecule has 1 aromatic rings. The summed E-state index contributed by atoms with van der Waals surface area (Å²) in [5.74, 6) is 0.0698. The second-order valence-corrected chi connectivity index (χ2v) is 3.60. The van der Waals surface area contributed by atoms with Gasteiger partial charge < -0.3 is 5.11 Å². The van der Waals surface area contributed by atoms with Crippen LogP contribution in [0.25, 0.3) is 0 Å². The van der Waals surface area contributed by atoms with Crippen LogP contribution < -0.4 is 0 Å². The zero-order valence-corrected chi connectivity index (χ0v) is 8.09. The van der Waals surface area contributed by atoms with Gasteiger partial charge in [-0.3, -0.25) is 0 Å². The molecule has 0 fully saturated rings. The third-order valence-electron chi connectivity index (χ3n) is 1.22. The summed E-state index contributed by atoms with van der Waals surface area (Å²) in [4.78, 5) is 0.827. The van der Waals surface area contributed by atoms with Crippen LogP contribution in [0.1, 0.15) is 0 Å². The fourth-order valence-electron chi connectivity index (χ4n) is 0.675. The topological polar surface area (TPSA) is 20.2 Å². The normalized spacial score (nSPS) is 10.1. The second-order valence-electron chi connectivity index (χ2n) is 1.94. The van der Waals surface area contributed by atoms with Gasteiger partial charge in [-0.2, -0.15) is 0 Å². The molecular formula is C7H6Cl2OS. The number of phenolic OH excluding ortho intramolecular Hbond substituents is 1. The van der Waals surface area contributed by atoms with E-state index in [1.807, 2.05) is 6.26 Å². The monoisotopic (exact) mass is 208 g/mol. The number of aromatic hydroxyl groups is 1. The number of thioether (sulfide) groups is 1. The Balaban J connectivity index is 3.21. The molecular weight excluding hydrogens is 203 g/mol. The maximum atomic E-state index is 9.15. The predicted octanol–water partition coefficient (Wildman–Crippen LogP) is 3.42. The van der Waals surface area contributed by atoms with Gasteiger partial charge >= 0.3 is 0 Å². The average Bonchev–Trinajstić information content (AvgIpc) is 1.97. The molecule has 1 N–H and O–H groups in total. The third kappa shape index (κ3) is 1.95. The number of hydrogen-bond donors (Lipinski definition) is 1. The van der Waals surface area contributed by atoms with Crippen LogP contribution >= 0.6 is 35.0 Å². The van der Waals surface area contributed by atoms with E-state index in [-0.39, 0.29) is 10.8 Å². The molecule has 0 spiro atoms. The summed E-state index contributed by atoms with van der Waals surface area (Å²) < 4.78 is 0. The first-order chi connectivity index (χ1) is 5.15. The summed E-state index contributed by atoms with van der Waals surface area (Å²) in [7, 11) is 0. The molecule has 1 aromatic carbocycles. The van der Waals surface area contributed by atoms with Crippen molar-refractivity contribution in [3.63, 3.8) is 0 Å². The molecule has 60 valence electrons. The van der Waals surface area contributed by atoms with Crippen LogP contribution in [0, 0.1) is 0 Å². The quantitative estimate of drug-likeness (QED) is 0.715. The lowest BCUT2D eigenvalue weighted by molar-refractivity contribution is 0.474. The molecule has 0 atom stereocenters. The van der Waals surface area contributed by atoms with Gasteiger partial charge in [0, 0.05) is 4.90 Å². The Bertz CT molecular complexity index is 275. The molecule has 0 unspecified atom stereocenters. The van der Waals surface area contributed by atoms with Crippen LogP contribution in [-0.4, -0.2) is 11.4 Å². The van der Waals surface area contributed by atoms with E-state index < -0.39 is 0 Å². The highest BCUT2D eigenvalue weighted by atomic mass is 35.5. The highest BCUT2D eigenvalue weighted by Gasteiger charge is 2.04.